The van der Waals surface area contributed by atoms with E-state index in [1.54, 1.807) is 0 Å². The summed E-state index contributed by atoms with van der Waals surface area (Å²) in [4.78, 5) is 18.4. The second-order valence-electron chi connectivity index (χ2n) is 6.37. The van der Waals surface area contributed by atoms with Crippen LogP contribution >= 0.6 is 0 Å². The van der Waals surface area contributed by atoms with E-state index >= 15 is 0 Å². The number of anilines is 1. The number of nitrogens with one attached hydrogen (secondary N) is 1. The fourth-order valence-electron chi connectivity index (χ4n) is 3.12. The number of benzene rings is 2. The summed E-state index contributed by atoms with van der Waals surface area (Å²) in [6.07, 6.45) is 1.35. The SMILES string of the molecule is O=C(Nc1ccc(F)c(F)c1)N1CCCC1c1nc(-c2ccc(F)cc2)no1. The van der Waals surface area contributed by atoms with Crippen molar-refractivity contribution in [2.45, 2.75) is 18.9 Å². The minimum absolute atomic E-state index is 0.145. The highest BCUT2D eigenvalue weighted by molar-refractivity contribution is 5.89. The van der Waals surface area contributed by atoms with Gasteiger partial charge in [-0.1, -0.05) is 5.16 Å². The predicted octanol–water partition coefficient (Wildman–Crippen LogP) is 4.52. The van der Waals surface area contributed by atoms with Crippen molar-refractivity contribution in [2.24, 2.45) is 0 Å². The van der Waals surface area contributed by atoms with E-state index in [1.165, 1.54) is 35.2 Å². The maximum atomic E-state index is 13.3. The van der Waals surface area contributed by atoms with Crippen molar-refractivity contribution in [3.05, 3.63) is 65.8 Å². The largest absolute Gasteiger partial charge is 0.337 e. The second-order valence-corrected chi connectivity index (χ2v) is 6.37. The summed E-state index contributed by atoms with van der Waals surface area (Å²) in [5.41, 5.74) is 0.735. The Bertz CT molecular complexity index is 1010. The molecule has 1 aliphatic heterocycles. The van der Waals surface area contributed by atoms with Gasteiger partial charge < -0.3 is 14.7 Å². The lowest BCUT2D eigenvalue weighted by Gasteiger charge is -2.22. The molecule has 1 atom stereocenters. The molecule has 9 heteroatoms. The standard InChI is InChI=1S/C19H15F3N4O2/c20-12-5-3-11(4-6-12)17-24-18(28-25-17)16-2-1-9-26(16)19(27)23-13-7-8-14(21)15(22)10-13/h3-8,10,16H,1-2,9H2,(H,23,27). The molecule has 1 fully saturated rings. The van der Waals surface area contributed by atoms with Gasteiger partial charge in [0, 0.05) is 23.9 Å². The smallest absolute Gasteiger partial charge is 0.322 e. The zero-order chi connectivity index (χ0) is 19.7. The monoisotopic (exact) mass is 388 g/mol. The molecule has 1 aromatic heterocycles. The molecule has 0 bridgehead atoms. The molecule has 28 heavy (non-hydrogen) atoms. The molecule has 3 aromatic rings. The molecule has 2 heterocycles. The Labute approximate surface area is 158 Å². The average molecular weight is 388 g/mol. The Morgan fingerprint density at radius 3 is 2.64 bits per heavy atom. The van der Waals surface area contributed by atoms with Gasteiger partial charge in [-0.2, -0.15) is 4.98 Å². The molecule has 0 radical (unpaired) electrons. The van der Waals surface area contributed by atoms with E-state index in [9.17, 15) is 18.0 Å². The van der Waals surface area contributed by atoms with Crippen LogP contribution in [0, 0.1) is 17.5 Å². The van der Waals surface area contributed by atoms with E-state index in [1.807, 2.05) is 0 Å². The number of hydrogen-bond donors (Lipinski definition) is 1. The first-order valence-corrected chi connectivity index (χ1v) is 8.63. The third kappa shape index (κ3) is 3.55. The molecule has 0 spiro atoms. The number of hydrogen-bond acceptors (Lipinski definition) is 4. The maximum Gasteiger partial charge on any atom is 0.322 e. The Hall–Kier alpha value is -3.36. The second kappa shape index (κ2) is 7.34. The van der Waals surface area contributed by atoms with Crippen molar-refractivity contribution in [2.75, 3.05) is 11.9 Å². The molecular formula is C19H15F3N4O2. The third-order valence-corrected chi connectivity index (χ3v) is 4.51. The number of halogens is 3. The van der Waals surface area contributed by atoms with Crippen LogP contribution in [-0.4, -0.2) is 27.6 Å². The highest BCUT2D eigenvalue weighted by atomic mass is 19.2. The first-order valence-electron chi connectivity index (χ1n) is 8.63. The third-order valence-electron chi connectivity index (χ3n) is 4.51. The van der Waals surface area contributed by atoms with Gasteiger partial charge in [-0.05, 0) is 49.2 Å². The van der Waals surface area contributed by atoms with Crippen LogP contribution in [-0.2, 0) is 0 Å². The summed E-state index contributed by atoms with van der Waals surface area (Å²) in [5.74, 6) is -1.85. The van der Waals surface area contributed by atoms with Crippen molar-refractivity contribution in [3.8, 4) is 11.4 Å². The van der Waals surface area contributed by atoms with Crippen LogP contribution in [0.3, 0.4) is 0 Å². The van der Waals surface area contributed by atoms with Crippen LogP contribution in [0.1, 0.15) is 24.8 Å². The van der Waals surface area contributed by atoms with Gasteiger partial charge in [0.2, 0.25) is 11.7 Å². The molecule has 1 unspecified atom stereocenters. The number of nitrogens with zero attached hydrogens (tertiary/aromatic N) is 3. The van der Waals surface area contributed by atoms with Gasteiger partial charge in [-0.15, -0.1) is 0 Å². The lowest BCUT2D eigenvalue weighted by Crippen LogP contribution is -2.34. The fraction of sp³-hybridized carbons (Fsp3) is 0.211. The summed E-state index contributed by atoms with van der Waals surface area (Å²) < 4.78 is 44.8. The molecule has 2 amide bonds. The molecule has 0 aliphatic carbocycles. The number of carbonyl (C=O) groups is 1. The normalized spacial score (nSPS) is 16.4. The molecule has 2 aromatic carbocycles. The number of amides is 2. The summed E-state index contributed by atoms with van der Waals surface area (Å²) in [6, 6.07) is 7.88. The van der Waals surface area contributed by atoms with Crippen molar-refractivity contribution in [1.82, 2.24) is 15.0 Å². The van der Waals surface area contributed by atoms with Gasteiger partial charge in [0.1, 0.15) is 11.9 Å². The molecule has 1 aliphatic rings. The Morgan fingerprint density at radius 2 is 1.89 bits per heavy atom. The highest BCUT2D eigenvalue weighted by Crippen LogP contribution is 2.32. The van der Waals surface area contributed by atoms with E-state index in [4.69, 9.17) is 4.52 Å². The van der Waals surface area contributed by atoms with Crippen LogP contribution in [0.5, 0.6) is 0 Å². The topological polar surface area (TPSA) is 71.3 Å². The Kier molecular flexibility index (Phi) is 4.72. The zero-order valence-electron chi connectivity index (χ0n) is 14.5. The minimum Gasteiger partial charge on any atom is -0.337 e. The van der Waals surface area contributed by atoms with Gasteiger partial charge in [0.05, 0.1) is 0 Å². The molecule has 144 valence electrons. The minimum atomic E-state index is -1.04. The van der Waals surface area contributed by atoms with Gasteiger partial charge in [0.25, 0.3) is 0 Å². The van der Waals surface area contributed by atoms with Crippen molar-refractivity contribution in [1.29, 1.82) is 0 Å². The molecular weight excluding hydrogens is 373 g/mol. The van der Waals surface area contributed by atoms with Gasteiger partial charge in [0.15, 0.2) is 11.6 Å². The molecule has 4 rings (SSSR count). The lowest BCUT2D eigenvalue weighted by molar-refractivity contribution is 0.193. The average Bonchev–Trinajstić information content (AvgIpc) is 3.34. The van der Waals surface area contributed by atoms with Gasteiger partial charge in [-0.3, -0.25) is 0 Å². The maximum absolute atomic E-state index is 13.3. The van der Waals surface area contributed by atoms with Crippen LogP contribution in [0.25, 0.3) is 11.4 Å². The number of likely N-dealkylation sites (tertiary alicyclic amines) is 1. The lowest BCUT2D eigenvalue weighted by atomic mass is 10.2. The first kappa shape index (κ1) is 18.0. The quantitative estimate of drug-likeness (QED) is 0.716. The Balaban J connectivity index is 1.51. The van der Waals surface area contributed by atoms with Crippen molar-refractivity contribution >= 4 is 11.7 Å². The molecule has 6 nitrogen and oxygen atoms in total. The summed E-state index contributed by atoms with van der Waals surface area (Å²) in [5, 5.41) is 6.45. The summed E-state index contributed by atoms with van der Waals surface area (Å²) >= 11 is 0. The predicted molar refractivity (Wildman–Crippen MR) is 93.7 cm³/mol. The van der Waals surface area contributed by atoms with Crippen LogP contribution in [0.2, 0.25) is 0 Å². The van der Waals surface area contributed by atoms with E-state index in [0.717, 1.165) is 18.6 Å². The molecule has 0 saturated carbocycles. The zero-order valence-corrected chi connectivity index (χ0v) is 14.5. The van der Waals surface area contributed by atoms with E-state index in [-0.39, 0.29) is 17.4 Å². The van der Waals surface area contributed by atoms with Gasteiger partial charge >= 0.3 is 6.03 Å². The summed E-state index contributed by atoms with van der Waals surface area (Å²) in [7, 11) is 0. The number of urea groups is 1. The number of aromatic nitrogens is 2. The molecule has 1 N–H and O–H groups in total. The fourth-order valence-corrected chi connectivity index (χ4v) is 3.12. The number of carbonyl (C=O) groups excluding carboxylic acids is 1. The first-order chi connectivity index (χ1) is 13.5. The van der Waals surface area contributed by atoms with Crippen molar-refractivity contribution in [3.63, 3.8) is 0 Å². The van der Waals surface area contributed by atoms with E-state index in [0.29, 0.717) is 24.4 Å². The summed E-state index contributed by atoms with van der Waals surface area (Å²) in [6.45, 7) is 0.453. The van der Waals surface area contributed by atoms with E-state index in [2.05, 4.69) is 15.5 Å². The van der Waals surface area contributed by atoms with Crippen LogP contribution in [0.15, 0.2) is 47.0 Å². The van der Waals surface area contributed by atoms with Crippen LogP contribution < -0.4 is 5.32 Å². The Morgan fingerprint density at radius 1 is 1.11 bits per heavy atom. The van der Waals surface area contributed by atoms with Gasteiger partial charge in [-0.25, -0.2) is 18.0 Å². The van der Waals surface area contributed by atoms with E-state index < -0.39 is 23.7 Å². The highest BCUT2D eigenvalue weighted by Gasteiger charge is 2.34. The van der Waals surface area contributed by atoms with Crippen molar-refractivity contribution < 1.29 is 22.5 Å². The number of rotatable bonds is 3. The van der Waals surface area contributed by atoms with Crippen LogP contribution in [0.4, 0.5) is 23.7 Å². The molecule has 1 saturated heterocycles.